The average molecular weight is 309 g/mol. The lowest BCUT2D eigenvalue weighted by atomic mass is 10.1. The quantitative estimate of drug-likeness (QED) is 0.820. The van der Waals surface area contributed by atoms with Crippen molar-refractivity contribution in [1.82, 2.24) is 5.32 Å². The molecule has 21 heavy (non-hydrogen) atoms. The smallest absolute Gasteiger partial charge is 0.329 e. The highest BCUT2D eigenvalue weighted by Gasteiger charge is 2.26. The number of carbonyl (C=O) groups excluding carboxylic acids is 2. The van der Waals surface area contributed by atoms with Gasteiger partial charge in [-0.25, -0.2) is 4.79 Å². The third-order valence-corrected chi connectivity index (χ3v) is 3.14. The Morgan fingerprint density at radius 2 is 1.86 bits per heavy atom. The van der Waals surface area contributed by atoms with Crippen LogP contribution < -0.4 is 5.32 Å². The van der Waals surface area contributed by atoms with E-state index < -0.39 is 17.6 Å². The van der Waals surface area contributed by atoms with Crippen molar-refractivity contribution >= 4 is 23.6 Å². The van der Waals surface area contributed by atoms with Crippen LogP contribution in [0.2, 0.25) is 0 Å². The first-order valence-electron chi connectivity index (χ1n) is 6.87. The summed E-state index contributed by atoms with van der Waals surface area (Å²) in [5.41, 5.74) is 0.411. The summed E-state index contributed by atoms with van der Waals surface area (Å²) in [6, 6.07) is 8.93. The van der Waals surface area contributed by atoms with Gasteiger partial charge in [0, 0.05) is 6.42 Å². The number of ether oxygens (including phenoxy) is 1. The number of carbonyl (C=O) groups is 2. The molecule has 0 aliphatic carbocycles. The van der Waals surface area contributed by atoms with Gasteiger partial charge in [-0.1, -0.05) is 30.3 Å². The molecule has 0 heterocycles. The van der Waals surface area contributed by atoms with Crippen molar-refractivity contribution in [3.63, 3.8) is 0 Å². The SMILES string of the molecule is CSCC(=O)N[C@H](Cc1ccccc1)C(=O)OC(C)(C)C. The molecule has 1 N–H and O–H groups in total. The van der Waals surface area contributed by atoms with Crippen LogP contribution in [0.3, 0.4) is 0 Å². The Hall–Kier alpha value is -1.49. The number of hydrogen-bond acceptors (Lipinski definition) is 4. The Balaban J connectivity index is 2.78. The first kappa shape index (κ1) is 17.6. The minimum atomic E-state index is -0.661. The van der Waals surface area contributed by atoms with Gasteiger partial charge in [0.1, 0.15) is 11.6 Å². The van der Waals surface area contributed by atoms with E-state index in [1.54, 1.807) is 0 Å². The van der Waals surface area contributed by atoms with E-state index in [1.807, 2.05) is 57.4 Å². The first-order valence-corrected chi connectivity index (χ1v) is 8.26. The molecule has 0 aliphatic heterocycles. The Morgan fingerprint density at radius 1 is 1.24 bits per heavy atom. The fraction of sp³-hybridized carbons (Fsp3) is 0.500. The van der Waals surface area contributed by atoms with Gasteiger partial charge >= 0.3 is 5.97 Å². The van der Waals surface area contributed by atoms with Gasteiger partial charge < -0.3 is 10.1 Å². The maximum atomic E-state index is 12.3. The molecule has 5 heteroatoms. The lowest BCUT2D eigenvalue weighted by Gasteiger charge is -2.24. The van der Waals surface area contributed by atoms with Crippen molar-refractivity contribution in [2.75, 3.05) is 12.0 Å². The number of benzene rings is 1. The lowest BCUT2D eigenvalue weighted by molar-refractivity contribution is -0.158. The molecule has 0 bridgehead atoms. The zero-order valence-corrected chi connectivity index (χ0v) is 13.8. The zero-order chi connectivity index (χ0) is 15.9. The number of amides is 1. The Morgan fingerprint density at radius 3 is 2.38 bits per heavy atom. The molecule has 0 radical (unpaired) electrons. The third-order valence-electron chi connectivity index (χ3n) is 2.58. The highest BCUT2D eigenvalue weighted by atomic mass is 32.2. The van der Waals surface area contributed by atoms with Gasteiger partial charge in [-0.2, -0.15) is 11.8 Å². The van der Waals surface area contributed by atoms with Crippen molar-refractivity contribution in [3.05, 3.63) is 35.9 Å². The summed E-state index contributed by atoms with van der Waals surface area (Å²) < 4.78 is 5.39. The number of rotatable bonds is 6. The molecule has 0 saturated heterocycles. The Bertz CT molecular complexity index is 468. The summed E-state index contributed by atoms with van der Waals surface area (Å²) >= 11 is 1.42. The minimum Gasteiger partial charge on any atom is -0.458 e. The highest BCUT2D eigenvalue weighted by molar-refractivity contribution is 7.99. The molecule has 0 aliphatic rings. The Labute approximate surface area is 130 Å². The second kappa shape index (κ2) is 8.08. The third kappa shape index (κ3) is 7.18. The summed E-state index contributed by atoms with van der Waals surface area (Å²) in [6.07, 6.45) is 2.27. The molecule has 1 aromatic carbocycles. The topological polar surface area (TPSA) is 55.4 Å². The lowest BCUT2D eigenvalue weighted by Crippen LogP contribution is -2.46. The minimum absolute atomic E-state index is 0.158. The number of hydrogen-bond donors (Lipinski definition) is 1. The molecule has 1 atom stereocenters. The fourth-order valence-corrected chi connectivity index (χ4v) is 2.13. The molecule has 1 rings (SSSR count). The second-order valence-electron chi connectivity index (χ2n) is 5.78. The molecule has 1 aromatic rings. The van der Waals surface area contributed by atoms with Crippen LogP contribution in [-0.2, 0) is 20.7 Å². The summed E-state index contributed by atoms with van der Waals surface area (Å²) in [6.45, 7) is 5.44. The zero-order valence-electron chi connectivity index (χ0n) is 13.0. The molecule has 0 unspecified atom stereocenters. The van der Waals surface area contributed by atoms with E-state index in [9.17, 15) is 9.59 Å². The van der Waals surface area contributed by atoms with Gasteiger partial charge in [-0.05, 0) is 32.6 Å². The van der Waals surface area contributed by atoms with Crippen molar-refractivity contribution in [1.29, 1.82) is 0 Å². The molecule has 116 valence electrons. The molecular weight excluding hydrogens is 286 g/mol. The standard InChI is InChI=1S/C16H23NO3S/c1-16(2,3)20-15(19)13(17-14(18)11-21-4)10-12-8-6-5-7-9-12/h5-9,13H,10-11H2,1-4H3,(H,17,18)/t13-/m1/s1. The van der Waals surface area contributed by atoms with Gasteiger partial charge in [-0.15, -0.1) is 0 Å². The van der Waals surface area contributed by atoms with Crippen LogP contribution in [0.1, 0.15) is 26.3 Å². The van der Waals surface area contributed by atoms with Crippen molar-refractivity contribution in [2.24, 2.45) is 0 Å². The van der Waals surface area contributed by atoms with Crippen molar-refractivity contribution < 1.29 is 14.3 Å². The van der Waals surface area contributed by atoms with Crippen molar-refractivity contribution in [2.45, 2.75) is 38.8 Å². The number of thioether (sulfide) groups is 1. The molecule has 0 fully saturated rings. The molecule has 0 spiro atoms. The maximum absolute atomic E-state index is 12.3. The van der Waals surface area contributed by atoms with E-state index in [4.69, 9.17) is 4.74 Å². The first-order chi connectivity index (χ1) is 9.81. The van der Waals surface area contributed by atoms with E-state index in [1.165, 1.54) is 11.8 Å². The van der Waals surface area contributed by atoms with Crippen LogP contribution in [0.25, 0.3) is 0 Å². The van der Waals surface area contributed by atoms with Crippen LogP contribution in [0, 0.1) is 0 Å². The van der Waals surface area contributed by atoms with Crippen LogP contribution in [0.15, 0.2) is 30.3 Å². The largest absolute Gasteiger partial charge is 0.458 e. The van der Waals surface area contributed by atoms with Crippen LogP contribution in [-0.4, -0.2) is 35.5 Å². The maximum Gasteiger partial charge on any atom is 0.329 e. The van der Waals surface area contributed by atoms with E-state index >= 15 is 0 Å². The summed E-state index contributed by atoms with van der Waals surface area (Å²) in [4.78, 5) is 24.0. The van der Waals surface area contributed by atoms with Crippen LogP contribution >= 0.6 is 11.8 Å². The molecule has 1 amide bonds. The molecule has 0 aromatic heterocycles. The van der Waals surface area contributed by atoms with Crippen LogP contribution in [0.5, 0.6) is 0 Å². The predicted molar refractivity (Wildman–Crippen MR) is 86.3 cm³/mol. The molecule has 0 saturated carbocycles. The predicted octanol–water partition coefficient (Wildman–Crippen LogP) is 2.42. The fourth-order valence-electron chi connectivity index (χ4n) is 1.78. The second-order valence-corrected chi connectivity index (χ2v) is 6.64. The van der Waals surface area contributed by atoms with E-state index in [2.05, 4.69) is 5.32 Å². The summed E-state index contributed by atoms with van der Waals surface area (Å²) in [7, 11) is 0. The van der Waals surface area contributed by atoms with Crippen molar-refractivity contribution in [3.8, 4) is 0 Å². The summed E-state index contributed by atoms with van der Waals surface area (Å²) in [5, 5.41) is 2.75. The van der Waals surface area contributed by atoms with Gasteiger partial charge in [0.05, 0.1) is 5.75 Å². The van der Waals surface area contributed by atoms with Gasteiger partial charge in [0.15, 0.2) is 0 Å². The number of esters is 1. The average Bonchev–Trinajstić information content (AvgIpc) is 2.37. The highest BCUT2D eigenvalue weighted by Crippen LogP contribution is 2.11. The normalized spacial score (nSPS) is 12.6. The molecule has 4 nitrogen and oxygen atoms in total. The van der Waals surface area contributed by atoms with Crippen LogP contribution in [0.4, 0.5) is 0 Å². The van der Waals surface area contributed by atoms with Gasteiger partial charge in [0.25, 0.3) is 0 Å². The summed E-state index contributed by atoms with van der Waals surface area (Å²) in [5.74, 6) is -0.233. The number of nitrogens with one attached hydrogen (secondary N) is 1. The van der Waals surface area contributed by atoms with E-state index in [-0.39, 0.29) is 5.91 Å². The monoisotopic (exact) mass is 309 g/mol. The van der Waals surface area contributed by atoms with E-state index in [0.29, 0.717) is 12.2 Å². The molecular formula is C16H23NO3S. The Kier molecular flexibility index (Phi) is 6.75. The van der Waals surface area contributed by atoms with Gasteiger partial charge in [0.2, 0.25) is 5.91 Å². The van der Waals surface area contributed by atoms with E-state index in [0.717, 1.165) is 5.56 Å². The van der Waals surface area contributed by atoms with Gasteiger partial charge in [-0.3, -0.25) is 4.79 Å².